The van der Waals surface area contributed by atoms with E-state index in [4.69, 9.17) is 4.74 Å². The summed E-state index contributed by atoms with van der Waals surface area (Å²) in [5.74, 6) is 3.55. The van der Waals surface area contributed by atoms with E-state index in [2.05, 4.69) is 11.1 Å². The van der Waals surface area contributed by atoms with Gasteiger partial charge in [-0.1, -0.05) is 6.08 Å². The number of hydrogen-bond donors (Lipinski definition) is 0. The largest absolute Gasteiger partial charge is 0.497 e. The van der Waals surface area contributed by atoms with Crippen LogP contribution >= 0.6 is 0 Å². The van der Waals surface area contributed by atoms with Gasteiger partial charge in [-0.2, -0.15) is 0 Å². The van der Waals surface area contributed by atoms with Crippen molar-refractivity contribution < 1.29 is 9.53 Å². The third-order valence-electron chi connectivity index (χ3n) is 6.85. The van der Waals surface area contributed by atoms with Crippen molar-refractivity contribution in [1.29, 1.82) is 0 Å². The number of aromatic nitrogens is 1. The molecule has 4 aliphatic rings. The molecule has 6 rings (SSSR count). The molecule has 0 amide bonds. The summed E-state index contributed by atoms with van der Waals surface area (Å²) in [6.07, 6.45) is 13.9. The summed E-state index contributed by atoms with van der Waals surface area (Å²) in [6, 6.07) is 7.68. The SMILES string of the molecule is COc1ccc2ncc(C(=O)C=CC34CC5CC(CC(C5)C3)C4)cc2c1. The first-order chi connectivity index (χ1) is 12.6. The van der Waals surface area contributed by atoms with Crippen molar-refractivity contribution >= 4 is 16.7 Å². The minimum atomic E-state index is 0.0676. The lowest BCUT2D eigenvalue weighted by Gasteiger charge is -2.55. The van der Waals surface area contributed by atoms with Crippen molar-refractivity contribution in [2.75, 3.05) is 7.11 Å². The zero-order valence-corrected chi connectivity index (χ0v) is 15.3. The van der Waals surface area contributed by atoms with E-state index in [9.17, 15) is 4.79 Å². The molecule has 4 bridgehead atoms. The summed E-state index contributed by atoms with van der Waals surface area (Å²) >= 11 is 0. The molecule has 0 unspecified atom stereocenters. The summed E-state index contributed by atoms with van der Waals surface area (Å²) in [4.78, 5) is 17.2. The number of hydrogen-bond acceptors (Lipinski definition) is 3. The number of fused-ring (bicyclic) bond motifs is 1. The topological polar surface area (TPSA) is 39.2 Å². The van der Waals surface area contributed by atoms with Gasteiger partial charge in [-0.25, -0.2) is 0 Å². The first-order valence-electron chi connectivity index (χ1n) is 9.80. The minimum absolute atomic E-state index is 0.0676. The second-order valence-corrected chi connectivity index (χ2v) is 8.76. The van der Waals surface area contributed by atoms with Crippen molar-refractivity contribution in [2.24, 2.45) is 23.2 Å². The molecule has 134 valence electrons. The van der Waals surface area contributed by atoms with E-state index in [1.807, 2.05) is 30.3 Å². The van der Waals surface area contributed by atoms with Gasteiger partial charge in [-0.05, 0) is 92.0 Å². The summed E-state index contributed by atoms with van der Waals surface area (Å²) < 4.78 is 5.28. The van der Waals surface area contributed by atoms with Crippen LogP contribution in [0.2, 0.25) is 0 Å². The van der Waals surface area contributed by atoms with Crippen molar-refractivity contribution in [3.63, 3.8) is 0 Å². The molecule has 26 heavy (non-hydrogen) atoms. The molecule has 0 N–H and O–H groups in total. The number of carbonyl (C=O) groups excluding carboxylic acids is 1. The van der Waals surface area contributed by atoms with Crippen LogP contribution in [-0.4, -0.2) is 17.9 Å². The van der Waals surface area contributed by atoms with E-state index in [1.54, 1.807) is 13.3 Å². The Balaban J connectivity index is 1.40. The standard InChI is InChI=1S/C23H25NO2/c1-26-20-2-3-21-18(10-20)9-19(14-24-21)22(25)4-5-23-11-15-6-16(12-23)8-17(7-15)13-23/h2-5,9-10,14-17H,6-8,11-13H2,1H3. The molecule has 0 spiro atoms. The van der Waals surface area contributed by atoms with Crippen molar-refractivity contribution in [1.82, 2.24) is 4.98 Å². The van der Waals surface area contributed by atoms with Gasteiger partial charge in [0.15, 0.2) is 5.78 Å². The highest BCUT2D eigenvalue weighted by Crippen LogP contribution is 2.60. The number of pyridine rings is 1. The number of nitrogens with zero attached hydrogens (tertiary/aromatic N) is 1. The predicted molar refractivity (Wildman–Crippen MR) is 102 cm³/mol. The van der Waals surface area contributed by atoms with Crippen molar-refractivity contribution in [3.05, 3.63) is 48.2 Å². The molecule has 1 heterocycles. The molecule has 0 radical (unpaired) electrons. The van der Waals surface area contributed by atoms with Crippen LogP contribution in [0.5, 0.6) is 5.75 Å². The zero-order chi connectivity index (χ0) is 17.7. The molecule has 1 aromatic heterocycles. The van der Waals surface area contributed by atoms with Crippen LogP contribution in [0, 0.1) is 23.2 Å². The Morgan fingerprint density at radius 1 is 1.12 bits per heavy atom. The summed E-state index contributed by atoms with van der Waals surface area (Å²) in [5.41, 5.74) is 1.83. The van der Waals surface area contributed by atoms with E-state index in [0.717, 1.165) is 34.4 Å². The Morgan fingerprint density at radius 2 is 1.81 bits per heavy atom. The molecule has 2 aromatic rings. The van der Waals surface area contributed by atoms with Gasteiger partial charge in [-0.15, -0.1) is 0 Å². The van der Waals surface area contributed by atoms with Gasteiger partial charge in [0.25, 0.3) is 0 Å². The zero-order valence-electron chi connectivity index (χ0n) is 15.3. The highest BCUT2D eigenvalue weighted by Gasteiger charge is 2.49. The fraction of sp³-hybridized carbons (Fsp3) is 0.478. The van der Waals surface area contributed by atoms with Gasteiger partial charge in [-0.3, -0.25) is 9.78 Å². The molecule has 4 saturated carbocycles. The Hall–Kier alpha value is -2.16. The Bertz CT molecular complexity index is 863. The highest BCUT2D eigenvalue weighted by molar-refractivity contribution is 6.06. The Labute approximate surface area is 154 Å². The van der Waals surface area contributed by atoms with E-state index in [0.29, 0.717) is 5.56 Å². The number of rotatable bonds is 4. The molecule has 0 atom stereocenters. The number of methoxy groups -OCH3 is 1. The monoisotopic (exact) mass is 347 g/mol. The molecule has 4 fully saturated rings. The highest BCUT2D eigenvalue weighted by atomic mass is 16.5. The normalized spacial score (nSPS) is 32.4. The maximum atomic E-state index is 12.8. The lowest BCUT2D eigenvalue weighted by atomic mass is 9.49. The molecular weight excluding hydrogens is 322 g/mol. The molecule has 3 nitrogen and oxygen atoms in total. The minimum Gasteiger partial charge on any atom is -0.497 e. The molecule has 1 aromatic carbocycles. The number of benzene rings is 1. The van der Waals surface area contributed by atoms with E-state index in [1.165, 1.54) is 38.5 Å². The molecule has 3 heteroatoms. The lowest BCUT2D eigenvalue weighted by Crippen LogP contribution is -2.45. The number of ether oxygens (including phenoxy) is 1. The molecule has 4 aliphatic carbocycles. The number of carbonyl (C=O) groups is 1. The first kappa shape index (κ1) is 16.0. The van der Waals surface area contributed by atoms with E-state index < -0.39 is 0 Å². The van der Waals surface area contributed by atoms with Gasteiger partial charge in [0.1, 0.15) is 5.75 Å². The summed E-state index contributed by atoms with van der Waals surface area (Å²) in [7, 11) is 1.65. The van der Waals surface area contributed by atoms with Gasteiger partial charge in [0.2, 0.25) is 0 Å². The van der Waals surface area contributed by atoms with Crippen LogP contribution in [-0.2, 0) is 0 Å². The second-order valence-electron chi connectivity index (χ2n) is 8.76. The summed E-state index contributed by atoms with van der Waals surface area (Å²) in [5, 5.41) is 0.943. The van der Waals surface area contributed by atoms with Crippen LogP contribution < -0.4 is 4.74 Å². The summed E-state index contributed by atoms with van der Waals surface area (Å²) in [6.45, 7) is 0. The van der Waals surface area contributed by atoms with Crippen LogP contribution in [0.3, 0.4) is 0 Å². The van der Waals surface area contributed by atoms with Gasteiger partial charge in [0, 0.05) is 17.1 Å². The Morgan fingerprint density at radius 3 is 2.46 bits per heavy atom. The van der Waals surface area contributed by atoms with Crippen LogP contribution in [0.1, 0.15) is 48.9 Å². The smallest absolute Gasteiger partial charge is 0.187 e. The van der Waals surface area contributed by atoms with Crippen LogP contribution in [0.4, 0.5) is 0 Å². The third-order valence-corrected chi connectivity index (χ3v) is 6.85. The fourth-order valence-electron chi connectivity index (χ4n) is 6.10. The second kappa shape index (κ2) is 5.94. The molecular formula is C23H25NO2. The number of allylic oxidation sites excluding steroid dienone is 2. The third kappa shape index (κ3) is 2.74. The quantitative estimate of drug-likeness (QED) is 0.564. The van der Waals surface area contributed by atoms with Gasteiger partial charge >= 0.3 is 0 Å². The maximum Gasteiger partial charge on any atom is 0.187 e. The average Bonchev–Trinajstić information content (AvgIpc) is 2.64. The predicted octanol–water partition coefficient (Wildman–Crippen LogP) is 5.20. The van der Waals surface area contributed by atoms with Gasteiger partial charge in [0.05, 0.1) is 12.6 Å². The van der Waals surface area contributed by atoms with E-state index >= 15 is 0 Å². The molecule has 0 saturated heterocycles. The van der Waals surface area contributed by atoms with Crippen LogP contribution in [0.15, 0.2) is 42.6 Å². The fourth-order valence-corrected chi connectivity index (χ4v) is 6.10. The lowest BCUT2D eigenvalue weighted by molar-refractivity contribution is -0.0238. The maximum absolute atomic E-state index is 12.8. The number of ketones is 1. The molecule has 0 aliphatic heterocycles. The van der Waals surface area contributed by atoms with Crippen molar-refractivity contribution in [2.45, 2.75) is 38.5 Å². The van der Waals surface area contributed by atoms with E-state index in [-0.39, 0.29) is 11.2 Å². The van der Waals surface area contributed by atoms with Gasteiger partial charge < -0.3 is 4.74 Å². The van der Waals surface area contributed by atoms with Crippen LogP contribution in [0.25, 0.3) is 10.9 Å². The Kier molecular flexibility index (Phi) is 3.66. The average molecular weight is 347 g/mol. The first-order valence-corrected chi connectivity index (χ1v) is 9.80. The van der Waals surface area contributed by atoms with Crippen molar-refractivity contribution in [3.8, 4) is 5.75 Å².